The third kappa shape index (κ3) is 4.68. The minimum Gasteiger partial charge on any atom is -0.482 e. The number of fused-ring (bicyclic) bond motifs is 1. The van der Waals surface area contributed by atoms with Crippen LogP contribution in [0.2, 0.25) is 5.02 Å². The standard InChI is InChI=1S/C23H21ClN4O5/c1-3-32-23(31)18-11-25-28(14(18)2)17-6-4-5-16(10-17)26-21(29)12-27-19-9-15(24)7-8-20(19)33-13-22(27)30/h4-11H,3,12-13H2,1-2H3,(H,26,29). The first kappa shape index (κ1) is 22.3. The molecule has 10 heteroatoms. The van der Waals surface area contributed by atoms with Gasteiger partial charge in [0.25, 0.3) is 5.91 Å². The van der Waals surface area contributed by atoms with E-state index in [4.69, 9.17) is 21.1 Å². The van der Waals surface area contributed by atoms with Crippen LogP contribution in [0.5, 0.6) is 5.75 Å². The molecular formula is C23H21ClN4O5. The number of carbonyl (C=O) groups is 3. The largest absolute Gasteiger partial charge is 0.482 e. The van der Waals surface area contributed by atoms with Crippen LogP contribution < -0.4 is 15.0 Å². The number of halogens is 1. The Hall–Kier alpha value is -3.85. The normalized spacial score (nSPS) is 12.7. The van der Waals surface area contributed by atoms with Gasteiger partial charge >= 0.3 is 5.97 Å². The number of rotatable bonds is 6. The molecule has 0 unspecified atom stereocenters. The summed E-state index contributed by atoms with van der Waals surface area (Å²) in [6.07, 6.45) is 1.45. The topological polar surface area (TPSA) is 103 Å². The molecule has 0 aliphatic carbocycles. The van der Waals surface area contributed by atoms with Crippen molar-refractivity contribution >= 4 is 40.8 Å². The fourth-order valence-electron chi connectivity index (χ4n) is 3.49. The van der Waals surface area contributed by atoms with Crippen molar-refractivity contribution in [2.75, 3.05) is 30.0 Å². The van der Waals surface area contributed by atoms with Gasteiger partial charge in [0.15, 0.2) is 6.61 Å². The molecule has 1 N–H and O–H groups in total. The maximum Gasteiger partial charge on any atom is 0.341 e. The third-order valence-corrected chi connectivity index (χ3v) is 5.28. The Labute approximate surface area is 194 Å². The fourth-order valence-corrected chi connectivity index (χ4v) is 3.65. The maximum absolute atomic E-state index is 12.7. The number of benzene rings is 2. The van der Waals surface area contributed by atoms with Crippen molar-refractivity contribution in [2.45, 2.75) is 13.8 Å². The molecule has 1 aliphatic heterocycles. The van der Waals surface area contributed by atoms with Crippen molar-refractivity contribution in [1.29, 1.82) is 0 Å². The highest BCUT2D eigenvalue weighted by atomic mass is 35.5. The van der Waals surface area contributed by atoms with Crippen LogP contribution in [0.25, 0.3) is 5.69 Å². The summed E-state index contributed by atoms with van der Waals surface area (Å²) in [5.41, 5.74) is 2.60. The number of aromatic nitrogens is 2. The van der Waals surface area contributed by atoms with Crippen molar-refractivity contribution in [2.24, 2.45) is 0 Å². The monoisotopic (exact) mass is 468 g/mol. The minimum atomic E-state index is -0.443. The average Bonchev–Trinajstić information content (AvgIpc) is 3.17. The van der Waals surface area contributed by atoms with Gasteiger partial charge < -0.3 is 14.8 Å². The van der Waals surface area contributed by atoms with Crippen molar-refractivity contribution in [1.82, 2.24) is 9.78 Å². The lowest BCUT2D eigenvalue weighted by Crippen LogP contribution is -2.43. The van der Waals surface area contributed by atoms with Crippen LogP contribution in [0.3, 0.4) is 0 Å². The molecule has 0 saturated heterocycles. The van der Waals surface area contributed by atoms with Gasteiger partial charge in [-0.15, -0.1) is 0 Å². The molecule has 2 heterocycles. The van der Waals surface area contributed by atoms with E-state index in [-0.39, 0.29) is 25.7 Å². The molecule has 3 aromatic rings. The molecule has 0 spiro atoms. The number of hydrogen-bond acceptors (Lipinski definition) is 6. The number of hydrogen-bond donors (Lipinski definition) is 1. The zero-order valence-electron chi connectivity index (χ0n) is 18.0. The molecule has 4 rings (SSSR count). The number of nitrogens with one attached hydrogen (secondary N) is 1. The summed E-state index contributed by atoms with van der Waals surface area (Å²) in [7, 11) is 0. The van der Waals surface area contributed by atoms with E-state index in [0.29, 0.717) is 39.1 Å². The third-order valence-electron chi connectivity index (χ3n) is 5.05. The smallest absolute Gasteiger partial charge is 0.341 e. The van der Waals surface area contributed by atoms with Crippen molar-refractivity contribution < 1.29 is 23.9 Å². The first-order valence-corrected chi connectivity index (χ1v) is 10.6. The number of amides is 2. The second-order valence-corrected chi connectivity index (χ2v) is 7.69. The molecule has 2 aromatic carbocycles. The van der Waals surface area contributed by atoms with E-state index in [1.165, 1.54) is 11.1 Å². The van der Waals surface area contributed by atoms with Gasteiger partial charge in [0.2, 0.25) is 5.91 Å². The Kier molecular flexibility index (Phi) is 6.32. The SMILES string of the molecule is CCOC(=O)c1cnn(-c2cccc(NC(=O)CN3C(=O)COc4ccc(Cl)cc43)c2)c1C. The maximum atomic E-state index is 12.7. The van der Waals surface area contributed by atoms with Gasteiger partial charge in [-0.2, -0.15) is 5.10 Å². The average molecular weight is 469 g/mol. The van der Waals surface area contributed by atoms with Crippen LogP contribution in [0, 0.1) is 6.92 Å². The Bertz CT molecular complexity index is 1240. The second-order valence-electron chi connectivity index (χ2n) is 7.26. The first-order chi connectivity index (χ1) is 15.9. The lowest BCUT2D eigenvalue weighted by molar-refractivity contribution is -0.123. The summed E-state index contributed by atoms with van der Waals surface area (Å²) >= 11 is 6.05. The Balaban J connectivity index is 1.51. The van der Waals surface area contributed by atoms with E-state index in [2.05, 4.69) is 10.4 Å². The number of anilines is 2. The van der Waals surface area contributed by atoms with Crippen LogP contribution in [-0.4, -0.2) is 47.3 Å². The molecule has 9 nitrogen and oxygen atoms in total. The minimum absolute atomic E-state index is 0.154. The van der Waals surface area contributed by atoms with Gasteiger partial charge in [0.05, 0.1) is 29.9 Å². The molecule has 170 valence electrons. The van der Waals surface area contributed by atoms with Gasteiger partial charge in [-0.3, -0.25) is 14.5 Å². The van der Waals surface area contributed by atoms with E-state index in [9.17, 15) is 14.4 Å². The van der Waals surface area contributed by atoms with Crippen LogP contribution in [0.4, 0.5) is 11.4 Å². The van der Waals surface area contributed by atoms with Crippen LogP contribution in [0.1, 0.15) is 23.0 Å². The highest BCUT2D eigenvalue weighted by Crippen LogP contribution is 2.34. The Morgan fingerprint density at radius 1 is 1.24 bits per heavy atom. The summed E-state index contributed by atoms with van der Waals surface area (Å²) in [5, 5.41) is 7.50. The van der Waals surface area contributed by atoms with E-state index >= 15 is 0 Å². The first-order valence-electron chi connectivity index (χ1n) is 10.2. The summed E-state index contributed by atoms with van der Waals surface area (Å²) in [6, 6.07) is 11.9. The predicted molar refractivity (Wildman–Crippen MR) is 122 cm³/mol. The van der Waals surface area contributed by atoms with Gasteiger partial charge in [0, 0.05) is 10.7 Å². The lowest BCUT2D eigenvalue weighted by Gasteiger charge is -2.29. The van der Waals surface area contributed by atoms with E-state index in [0.717, 1.165) is 0 Å². The number of ether oxygens (including phenoxy) is 2. The summed E-state index contributed by atoms with van der Waals surface area (Å²) in [4.78, 5) is 38.5. The molecule has 1 aliphatic rings. The number of nitrogens with zero attached hydrogens (tertiary/aromatic N) is 3. The van der Waals surface area contributed by atoms with Gasteiger partial charge in [-0.05, 0) is 50.2 Å². The summed E-state index contributed by atoms with van der Waals surface area (Å²) in [5.74, 6) is -0.688. The molecule has 33 heavy (non-hydrogen) atoms. The van der Waals surface area contributed by atoms with Crippen molar-refractivity contribution in [3.8, 4) is 11.4 Å². The van der Waals surface area contributed by atoms with E-state index < -0.39 is 11.9 Å². The van der Waals surface area contributed by atoms with Gasteiger partial charge in [-0.1, -0.05) is 17.7 Å². The Morgan fingerprint density at radius 2 is 2.06 bits per heavy atom. The van der Waals surface area contributed by atoms with Gasteiger partial charge in [0.1, 0.15) is 17.9 Å². The quantitative estimate of drug-likeness (QED) is 0.556. The zero-order chi connectivity index (χ0) is 23.5. The zero-order valence-corrected chi connectivity index (χ0v) is 18.8. The molecule has 1 aromatic heterocycles. The molecule has 0 radical (unpaired) electrons. The summed E-state index contributed by atoms with van der Waals surface area (Å²) < 4.78 is 12.0. The lowest BCUT2D eigenvalue weighted by atomic mass is 10.2. The number of carbonyl (C=O) groups excluding carboxylic acids is 3. The van der Waals surface area contributed by atoms with Crippen molar-refractivity contribution in [3.05, 3.63) is 64.9 Å². The van der Waals surface area contributed by atoms with Crippen LogP contribution in [0.15, 0.2) is 48.7 Å². The second kappa shape index (κ2) is 9.33. The highest BCUT2D eigenvalue weighted by Gasteiger charge is 2.27. The van der Waals surface area contributed by atoms with Crippen LogP contribution in [-0.2, 0) is 14.3 Å². The molecule has 0 fully saturated rings. The molecular weight excluding hydrogens is 448 g/mol. The molecule has 0 saturated carbocycles. The van der Waals surface area contributed by atoms with Crippen LogP contribution >= 0.6 is 11.6 Å². The predicted octanol–water partition coefficient (Wildman–Crippen LogP) is 3.37. The number of esters is 1. The van der Waals surface area contributed by atoms with Gasteiger partial charge in [-0.25, -0.2) is 9.48 Å². The molecule has 2 amide bonds. The Morgan fingerprint density at radius 3 is 2.85 bits per heavy atom. The molecule has 0 bridgehead atoms. The highest BCUT2D eigenvalue weighted by molar-refractivity contribution is 6.31. The van der Waals surface area contributed by atoms with E-state index in [1.54, 1.807) is 61.0 Å². The van der Waals surface area contributed by atoms with Crippen molar-refractivity contribution in [3.63, 3.8) is 0 Å². The fraction of sp³-hybridized carbons (Fsp3) is 0.217. The summed E-state index contributed by atoms with van der Waals surface area (Å²) in [6.45, 7) is 3.41. The van der Waals surface area contributed by atoms with E-state index in [1.807, 2.05) is 0 Å². The molecule has 0 atom stereocenters.